The van der Waals surface area contributed by atoms with Crippen LogP contribution in [0.5, 0.6) is 0 Å². The molecule has 8 nitrogen and oxygen atoms in total. The Bertz CT molecular complexity index is 994. The highest BCUT2D eigenvalue weighted by atomic mass is 16.5. The standard InChI is InChI=1S/C25H28N2O6/c1-2-22(24(30)27-11-12-32-14-16(27)13-23(28)29)26-25(31)33-15-21-19-9-5-3-7-17(19)18-8-4-6-10-20(18)21/h3-10,16,21-22H,2,11-15H2,1H3,(H,26,31)(H,28,29)/t16?,22-/m0/s1. The van der Waals surface area contributed by atoms with Gasteiger partial charge >= 0.3 is 12.1 Å². The maximum absolute atomic E-state index is 13.1. The molecule has 2 N–H and O–H groups in total. The van der Waals surface area contributed by atoms with Crippen molar-refractivity contribution in [3.63, 3.8) is 0 Å². The third-order valence-electron chi connectivity index (χ3n) is 6.26. The minimum absolute atomic E-state index is 0.0712. The summed E-state index contributed by atoms with van der Waals surface area (Å²) in [5.74, 6) is -1.39. The topological polar surface area (TPSA) is 105 Å². The molecule has 1 aliphatic heterocycles. The average molecular weight is 453 g/mol. The number of carbonyl (C=O) groups excluding carboxylic acids is 2. The fourth-order valence-electron chi connectivity index (χ4n) is 4.64. The van der Waals surface area contributed by atoms with Crippen molar-refractivity contribution in [2.75, 3.05) is 26.4 Å². The summed E-state index contributed by atoms with van der Waals surface area (Å²) in [6.45, 7) is 2.74. The van der Waals surface area contributed by atoms with Crippen molar-refractivity contribution < 1.29 is 29.0 Å². The molecule has 2 aromatic rings. The number of aliphatic carboxylic acids is 1. The fourth-order valence-corrected chi connectivity index (χ4v) is 4.64. The van der Waals surface area contributed by atoms with Crippen LogP contribution in [0.1, 0.15) is 36.8 Å². The lowest BCUT2D eigenvalue weighted by Gasteiger charge is -2.36. The smallest absolute Gasteiger partial charge is 0.407 e. The second-order valence-corrected chi connectivity index (χ2v) is 8.29. The number of nitrogens with one attached hydrogen (secondary N) is 1. The van der Waals surface area contributed by atoms with Gasteiger partial charge in [-0.25, -0.2) is 4.79 Å². The van der Waals surface area contributed by atoms with E-state index in [2.05, 4.69) is 17.4 Å². The van der Waals surface area contributed by atoms with Crippen molar-refractivity contribution >= 4 is 18.0 Å². The van der Waals surface area contributed by atoms with Gasteiger partial charge in [0.1, 0.15) is 12.6 Å². The molecule has 1 fully saturated rings. The van der Waals surface area contributed by atoms with E-state index in [-0.39, 0.29) is 31.5 Å². The third kappa shape index (κ3) is 4.85. The van der Waals surface area contributed by atoms with E-state index in [1.807, 2.05) is 36.4 Å². The van der Waals surface area contributed by atoms with Crippen LogP contribution in [0.4, 0.5) is 4.79 Å². The Morgan fingerprint density at radius 2 is 1.76 bits per heavy atom. The molecule has 2 aromatic carbocycles. The van der Waals surface area contributed by atoms with Gasteiger partial charge in [0.05, 0.1) is 25.7 Å². The van der Waals surface area contributed by atoms with Crippen LogP contribution in [0.15, 0.2) is 48.5 Å². The zero-order chi connectivity index (χ0) is 23.4. The number of alkyl carbamates (subject to hydrolysis) is 1. The predicted molar refractivity (Wildman–Crippen MR) is 121 cm³/mol. The number of carboxylic acids is 1. The molecule has 0 bridgehead atoms. The molecule has 0 radical (unpaired) electrons. The number of nitrogens with zero attached hydrogens (tertiary/aromatic N) is 1. The summed E-state index contributed by atoms with van der Waals surface area (Å²) in [5.41, 5.74) is 4.50. The van der Waals surface area contributed by atoms with E-state index >= 15 is 0 Å². The van der Waals surface area contributed by atoms with Crippen LogP contribution in [0.25, 0.3) is 11.1 Å². The molecule has 1 heterocycles. The molecule has 8 heteroatoms. The number of benzene rings is 2. The van der Waals surface area contributed by atoms with E-state index in [9.17, 15) is 14.4 Å². The van der Waals surface area contributed by atoms with Crippen LogP contribution in [-0.4, -0.2) is 66.4 Å². The summed E-state index contributed by atoms with van der Waals surface area (Å²) in [7, 11) is 0. The Morgan fingerprint density at radius 3 is 2.36 bits per heavy atom. The molecule has 2 amide bonds. The van der Waals surface area contributed by atoms with Crippen LogP contribution in [0, 0.1) is 0 Å². The highest BCUT2D eigenvalue weighted by Gasteiger charge is 2.34. The molecule has 0 spiro atoms. The van der Waals surface area contributed by atoms with E-state index in [1.165, 1.54) is 4.90 Å². The summed E-state index contributed by atoms with van der Waals surface area (Å²) in [6, 6.07) is 14.8. The molecule has 1 saturated heterocycles. The van der Waals surface area contributed by atoms with Crippen LogP contribution in [0.2, 0.25) is 0 Å². The van der Waals surface area contributed by atoms with E-state index < -0.39 is 24.1 Å². The third-order valence-corrected chi connectivity index (χ3v) is 6.26. The summed E-state index contributed by atoms with van der Waals surface area (Å²) in [4.78, 5) is 38.3. The second kappa shape index (κ2) is 10.0. The molecule has 0 saturated carbocycles. The van der Waals surface area contributed by atoms with Crippen LogP contribution in [-0.2, 0) is 19.1 Å². The van der Waals surface area contributed by atoms with Gasteiger partial charge in [-0.2, -0.15) is 0 Å². The van der Waals surface area contributed by atoms with Crippen molar-refractivity contribution in [1.82, 2.24) is 10.2 Å². The number of morpholine rings is 1. The van der Waals surface area contributed by atoms with E-state index in [1.54, 1.807) is 6.92 Å². The molecule has 4 rings (SSSR count). The van der Waals surface area contributed by atoms with Gasteiger partial charge in [0, 0.05) is 12.5 Å². The Kier molecular flexibility index (Phi) is 6.93. The molecule has 2 atom stereocenters. The first kappa shape index (κ1) is 22.8. The minimum atomic E-state index is -0.999. The minimum Gasteiger partial charge on any atom is -0.481 e. The Morgan fingerprint density at radius 1 is 1.12 bits per heavy atom. The molecular formula is C25H28N2O6. The Labute approximate surface area is 192 Å². The Balaban J connectivity index is 1.40. The van der Waals surface area contributed by atoms with Crippen LogP contribution < -0.4 is 5.32 Å². The average Bonchev–Trinajstić information content (AvgIpc) is 3.14. The number of amides is 2. The molecular weight excluding hydrogens is 424 g/mol. The first-order valence-electron chi connectivity index (χ1n) is 11.2. The first-order valence-corrected chi connectivity index (χ1v) is 11.2. The number of carboxylic acid groups (broad SMARTS) is 1. The number of hydrogen-bond donors (Lipinski definition) is 2. The Hall–Kier alpha value is -3.39. The van der Waals surface area contributed by atoms with Crippen LogP contribution in [0.3, 0.4) is 0 Å². The number of hydrogen-bond acceptors (Lipinski definition) is 5. The zero-order valence-electron chi connectivity index (χ0n) is 18.5. The van der Waals surface area contributed by atoms with Crippen molar-refractivity contribution in [3.05, 3.63) is 59.7 Å². The quantitative estimate of drug-likeness (QED) is 0.669. The van der Waals surface area contributed by atoms with Gasteiger partial charge in [-0.1, -0.05) is 55.5 Å². The predicted octanol–water partition coefficient (Wildman–Crippen LogP) is 3.01. The van der Waals surface area contributed by atoms with Gasteiger partial charge in [0.25, 0.3) is 0 Å². The molecule has 1 aliphatic carbocycles. The number of fused-ring (bicyclic) bond motifs is 3. The van der Waals surface area contributed by atoms with Gasteiger partial charge in [0.2, 0.25) is 5.91 Å². The first-order chi connectivity index (χ1) is 16.0. The summed E-state index contributed by atoms with van der Waals surface area (Å²) in [5, 5.41) is 11.8. The normalized spacial score (nSPS) is 18.2. The van der Waals surface area contributed by atoms with E-state index in [4.69, 9.17) is 14.6 Å². The van der Waals surface area contributed by atoms with Crippen molar-refractivity contribution in [3.8, 4) is 11.1 Å². The lowest BCUT2D eigenvalue weighted by atomic mass is 9.98. The summed E-state index contributed by atoms with van der Waals surface area (Å²) in [6.07, 6.45) is -0.507. The summed E-state index contributed by atoms with van der Waals surface area (Å²) >= 11 is 0. The van der Waals surface area contributed by atoms with Gasteiger partial charge in [-0.3, -0.25) is 9.59 Å². The van der Waals surface area contributed by atoms with Gasteiger partial charge in [0.15, 0.2) is 0 Å². The highest BCUT2D eigenvalue weighted by Crippen LogP contribution is 2.44. The van der Waals surface area contributed by atoms with Crippen molar-refractivity contribution in [1.29, 1.82) is 0 Å². The van der Waals surface area contributed by atoms with E-state index in [0.29, 0.717) is 19.6 Å². The lowest BCUT2D eigenvalue weighted by Crippen LogP contribution is -2.56. The van der Waals surface area contributed by atoms with Crippen LogP contribution >= 0.6 is 0 Å². The monoisotopic (exact) mass is 452 g/mol. The van der Waals surface area contributed by atoms with Gasteiger partial charge < -0.3 is 24.8 Å². The van der Waals surface area contributed by atoms with E-state index in [0.717, 1.165) is 22.3 Å². The summed E-state index contributed by atoms with van der Waals surface area (Å²) < 4.78 is 10.9. The SMILES string of the molecule is CC[C@H](NC(=O)OCC1c2ccccc2-c2ccccc21)C(=O)N1CCOCC1CC(=O)O. The largest absolute Gasteiger partial charge is 0.481 e. The number of carbonyl (C=O) groups is 3. The molecule has 0 aromatic heterocycles. The molecule has 1 unspecified atom stereocenters. The van der Waals surface area contributed by atoms with Crippen molar-refractivity contribution in [2.24, 2.45) is 0 Å². The maximum Gasteiger partial charge on any atom is 0.407 e. The molecule has 2 aliphatic rings. The number of rotatable bonds is 7. The zero-order valence-corrected chi connectivity index (χ0v) is 18.5. The fraction of sp³-hybridized carbons (Fsp3) is 0.400. The highest BCUT2D eigenvalue weighted by molar-refractivity contribution is 5.86. The van der Waals surface area contributed by atoms with Gasteiger partial charge in [-0.15, -0.1) is 0 Å². The molecule has 174 valence electrons. The van der Waals surface area contributed by atoms with Gasteiger partial charge in [-0.05, 0) is 28.7 Å². The lowest BCUT2D eigenvalue weighted by molar-refractivity contribution is -0.147. The maximum atomic E-state index is 13.1. The van der Waals surface area contributed by atoms with Crippen molar-refractivity contribution in [2.45, 2.75) is 37.8 Å². The number of ether oxygens (including phenoxy) is 2. The second-order valence-electron chi connectivity index (χ2n) is 8.29. The molecule has 33 heavy (non-hydrogen) atoms.